The Morgan fingerprint density at radius 3 is 2.29 bits per heavy atom. The molecule has 0 aromatic heterocycles. The van der Waals surface area contributed by atoms with Crippen LogP contribution in [0.1, 0.15) is 5.56 Å². The van der Waals surface area contributed by atoms with Crippen molar-refractivity contribution in [2.75, 3.05) is 11.1 Å². The first kappa shape index (κ1) is 15.6. The lowest BCUT2D eigenvalue weighted by Gasteiger charge is -2.13. The van der Waals surface area contributed by atoms with Crippen LogP contribution in [0.5, 0.6) is 0 Å². The highest BCUT2D eigenvalue weighted by molar-refractivity contribution is 9.10. The van der Waals surface area contributed by atoms with Gasteiger partial charge in [0.1, 0.15) is 11.6 Å². The molecule has 0 unspecified atom stereocenters. The molecule has 2 aromatic rings. The van der Waals surface area contributed by atoms with E-state index in [1.807, 2.05) is 0 Å². The largest absolute Gasteiger partial charge is 0.418 e. The van der Waals surface area contributed by atoms with Crippen LogP contribution in [0, 0.1) is 11.6 Å². The Bertz CT molecular complexity index is 685. The second-order valence-electron chi connectivity index (χ2n) is 4.17. The maximum atomic E-state index is 13.6. The zero-order valence-electron chi connectivity index (χ0n) is 10.2. The highest BCUT2D eigenvalue weighted by Gasteiger charge is 2.33. The van der Waals surface area contributed by atoms with E-state index in [-0.39, 0.29) is 15.8 Å². The van der Waals surface area contributed by atoms with Crippen LogP contribution in [-0.4, -0.2) is 0 Å². The Kier molecular flexibility index (Phi) is 4.08. The van der Waals surface area contributed by atoms with Crippen molar-refractivity contribution >= 4 is 33.0 Å². The van der Waals surface area contributed by atoms with Crippen LogP contribution >= 0.6 is 15.9 Å². The van der Waals surface area contributed by atoms with Gasteiger partial charge in [-0.2, -0.15) is 13.2 Å². The number of halogens is 6. The maximum Gasteiger partial charge on any atom is 0.418 e. The molecule has 0 amide bonds. The predicted molar refractivity (Wildman–Crippen MR) is 73.2 cm³/mol. The average molecular weight is 367 g/mol. The van der Waals surface area contributed by atoms with Gasteiger partial charge in [0.15, 0.2) is 0 Å². The van der Waals surface area contributed by atoms with Crippen molar-refractivity contribution in [1.82, 2.24) is 0 Å². The standard InChI is InChI=1S/C13H8BrF5N2/c14-8-4-12(10(16)5-9(8)15)21-6-1-2-11(20)7(3-6)13(17,18)19/h1-5,21H,20H2. The molecule has 21 heavy (non-hydrogen) atoms. The summed E-state index contributed by atoms with van der Waals surface area (Å²) in [7, 11) is 0. The lowest BCUT2D eigenvalue weighted by atomic mass is 10.1. The number of nitrogens with one attached hydrogen (secondary N) is 1. The molecule has 0 aliphatic heterocycles. The molecule has 0 bridgehead atoms. The number of rotatable bonds is 2. The topological polar surface area (TPSA) is 38.0 Å². The van der Waals surface area contributed by atoms with E-state index in [1.54, 1.807) is 0 Å². The minimum atomic E-state index is -4.62. The minimum absolute atomic E-state index is 0.0158. The summed E-state index contributed by atoms with van der Waals surface area (Å²) >= 11 is 2.87. The van der Waals surface area contributed by atoms with E-state index in [9.17, 15) is 22.0 Å². The molecule has 0 saturated heterocycles. The molecule has 112 valence electrons. The molecule has 0 heterocycles. The van der Waals surface area contributed by atoms with Crippen molar-refractivity contribution in [2.24, 2.45) is 0 Å². The van der Waals surface area contributed by atoms with E-state index in [1.165, 1.54) is 6.07 Å². The number of alkyl halides is 3. The Hall–Kier alpha value is -1.83. The molecular formula is C13H8BrF5N2. The quantitative estimate of drug-likeness (QED) is 0.442. The average Bonchev–Trinajstić information content (AvgIpc) is 2.37. The molecule has 3 N–H and O–H groups in total. The van der Waals surface area contributed by atoms with Gasteiger partial charge in [0.25, 0.3) is 0 Å². The number of nitrogen functional groups attached to an aromatic ring is 1. The highest BCUT2D eigenvalue weighted by atomic mass is 79.9. The van der Waals surface area contributed by atoms with Gasteiger partial charge in [-0.3, -0.25) is 0 Å². The fraction of sp³-hybridized carbons (Fsp3) is 0.0769. The zero-order chi connectivity index (χ0) is 15.8. The van der Waals surface area contributed by atoms with Gasteiger partial charge >= 0.3 is 6.18 Å². The molecule has 2 rings (SSSR count). The lowest BCUT2D eigenvalue weighted by molar-refractivity contribution is -0.136. The van der Waals surface area contributed by atoms with Gasteiger partial charge in [0.05, 0.1) is 15.7 Å². The third kappa shape index (κ3) is 3.44. The third-order valence-electron chi connectivity index (χ3n) is 2.65. The van der Waals surface area contributed by atoms with Crippen molar-refractivity contribution in [3.63, 3.8) is 0 Å². The van der Waals surface area contributed by atoms with Gasteiger partial charge < -0.3 is 11.1 Å². The summed E-state index contributed by atoms with van der Waals surface area (Å²) < 4.78 is 64.8. The number of benzene rings is 2. The first-order chi connectivity index (χ1) is 9.68. The number of anilines is 3. The number of hydrogen-bond donors (Lipinski definition) is 2. The van der Waals surface area contributed by atoms with Crippen molar-refractivity contribution in [3.05, 3.63) is 52.0 Å². The first-order valence-corrected chi connectivity index (χ1v) is 6.36. The van der Waals surface area contributed by atoms with Crippen molar-refractivity contribution in [3.8, 4) is 0 Å². The summed E-state index contributed by atoms with van der Waals surface area (Å²) in [4.78, 5) is 0. The van der Waals surface area contributed by atoms with Crippen molar-refractivity contribution < 1.29 is 22.0 Å². The summed E-state index contributed by atoms with van der Waals surface area (Å²) in [6.45, 7) is 0. The Morgan fingerprint density at radius 1 is 1.00 bits per heavy atom. The van der Waals surface area contributed by atoms with Gasteiger partial charge in [-0.1, -0.05) is 0 Å². The number of nitrogens with two attached hydrogens (primary N) is 1. The monoisotopic (exact) mass is 366 g/mol. The fourth-order valence-electron chi connectivity index (χ4n) is 1.65. The SMILES string of the molecule is Nc1ccc(Nc2cc(Br)c(F)cc2F)cc1C(F)(F)F. The second kappa shape index (κ2) is 5.51. The molecule has 0 spiro atoms. The summed E-state index contributed by atoms with van der Waals surface area (Å²) in [5, 5.41) is 2.45. The smallest absolute Gasteiger partial charge is 0.398 e. The molecule has 2 nitrogen and oxygen atoms in total. The zero-order valence-corrected chi connectivity index (χ0v) is 11.8. The van der Waals surface area contributed by atoms with Crippen LogP contribution in [-0.2, 0) is 6.18 Å². The maximum absolute atomic E-state index is 13.6. The molecule has 8 heteroatoms. The second-order valence-corrected chi connectivity index (χ2v) is 5.03. The van der Waals surface area contributed by atoms with E-state index in [0.29, 0.717) is 6.07 Å². The highest BCUT2D eigenvalue weighted by Crippen LogP contribution is 2.36. The lowest BCUT2D eigenvalue weighted by Crippen LogP contribution is -2.09. The summed E-state index contributed by atoms with van der Waals surface area (Å²) in [6, 6.07) is 4.79. The van der Waals surface area contributed by atoms with Crippen LogP contribution in [0.3, 0.4) is 0 Å². The molecule has 2 aromatic carbocycles. The van der Waals surface area contributed by atoms with Crippen LogP contribution in [0.4, 0.5) is 39.0 Å². The molecular weight excluding hydrogens is 359 g/mol. The first-order valence-electron chi connectivity index (χ1n) is 5.57. The van der Waals surface area contributed by atoms with Crippen molar-refractivity contribution in [1.29, 1.82) is 0 Å². The van der Waals surface area contributed by atoms with E-state index >= 15 is 0 Å². The molecule has 0 aliphatic carbocycles. The van der Waals surface area contributed by atoms with E-state index in [2.05, 4.69) is 21.2 Å². The summed E-state index contributed by atoms with van der Waals surface area (Å²) in [5.74, 6) is -1.74. The molecule has 0 atom stereocenters. The number of hydrogen-bond acceptors (Lipinski definition) is 2. The molecule has 0 saturated carbocycles. The molecule has 0 fully saturated rings. The van der Waals surface area contributed by atoms with Gasteiger partial charge in [0, 0.05) is 17.4 Å². The van der Waals surface area contributed by atoms with Crippen LogP contribution in [0.2, 0.25) is 0 Å². The van der Waals surface area contributed by atoms with Crippen LogP contribution in [0.25, 0.3) is 0 Å². The Balaban J connectivity index is 2.39. The van der Waals surface area contributed by atoms with E-state index in [0.717, 1.165) is 18.2 Å². The van der Waals surface area contributed by atoms with Crippen LogP contribution in [0.15, 0.2) is 34.8 Å². The van der Waals surface area contributed by atoms with Crippen LogP contribution < -0.4 is 11.1 Å². The molecule has 0 aliphatic rings. The van der Waals surface area contributed by atoms with Crippen molar-refractivity contribution in [2.45, 2.75) is 6.18 Å². The van der Waals surface area contributed by atoms with E-state index < -0.39 is 29.1 Å². The summed E-state index contributed by atoms with van der Waals surface area (Å²) in [6.07, 6.45) is -4.62. The predicted octanol–water partition coefficient (Wildman–Crippen LogP) is 5.07. The normalized spacial score (nSPS) is 11.5. The fourth-order valence-corrected chi connectivity index (χ4v) is 2.00. The molecule has 0 radical (unpaired) electrons. The van der Waals surface area contributed by atoms with Gasteiger partial charge in [-0.25, -0.2) is 8.78 Å². The van der Waals surface area contributed by atoms with Gasteiger partial charge in [-0.15, -0.1) is 0 Å². The minimum Gasteiger partial charge on any atom is -0.398 e. The third-order valence-corrected chi connectivity index (χ3v) is 3.26. The van der Waals surface area contributed by atoms with Gasteiger partial charge in [-0.05, 0) is 40.2 Å². The Labute approximate surface area is 124 Å². The Morgan fingerprint density at radius 2 is 1.67 bits per heavy atom. The van der Waals surface area contributed by atoms with Gasteiger partial charge in [0.2, 0.25) is 0 Å². The van der Waals surface area contributed by atoms with E-state index in [4.69, 9.17) is 5.73 Å². The summed E-state index contributed by atoms with van der Waals surface area (Å²) in [5.41, 5.74) is 3.61.